The first-order valence-corrected chi connectivity index (χ1v) is 9.39. The molecular weight excluding hydrogens is 348 g/mol. The second kappa shape index (κ2) is 7.96. The number of nitriles is 1. The first-order valence-electron chi connectivity index (χ1n) is 9.39. The Hall–Kier alpha value is -2.60. The standard InChI is InChI=1S/C18H26N6O3/c1-20-16(14(12-19)17(26)21(2)18(20)27)24-10-8-22(9-11-24)13-15(25)23-6-4-3-5-7-23/h3-11,13H2,1-2H3. The zero-order chi connectivity index (χ0) is 19.6. The lowest BCUT2D eigenvalue weighted by atomic mass is 10.1. The highest BCUT2D eigenvalue weighted by molar-refractivity contribution is 5.78. The van der Waals surface area contributed by atoms with Gasteiger partial charge in [0.05, 0.1) is 6.54 Å². The maximum Gasteiger partial charge on any atom is 0.332 e. The molecule has 1 aromatic heterocycles. The van der Waals surface area contributed by atoms with Crippen LogP contribution in [0.15, 0.2) is 9.59 Å². The number of amides is 1. The van der Waals surface area contributed by atoms with Crippen molar-refractivity contribution in [2.24, 2.45) is 14.1 Å². The summed E-state index contributed by atoms with van der Waals surface area (Å²) in [5.74, 6) is 0.537. The molecule has 2 aliphatic rings. The molecule has 0 aliphatic carbocycles. The third-order valence-electron chi connectivity index (χ3n) is 5.48. The van der Waals surface area contributed by atoms with Crippen LogP contribution in [0.4, 0.5) is 5.82 Å². The van der Waals surface area contributed by atoms with E-state index in [0.29, 0.717) is 38.5 Å². The van der Waals surface area contributed by atoms with Crippen LogP contribution in [-0.4, -0.2) is 70.7 Å². The normalized spacial score (nSPS) is 18.4. The molecule has 2 aliphatic heterocycles. The SMILES string of the molecule is Cn1c(N2CCN(CC(=O)N3CCCCC3)CC2)c(C#N)c(=O)n(C)c1=O. The number of piperazine rings is 1. The summed E-state index contributed by atoms with van der Waals surface area (Å²) in [5, 5.41) is 9.42. The minimum Gasteiger partial charge on any atom is -0.354 e. The van der Waals surface area contributed by atoms with Crippen LogP contribution in [0.2, 0.25) is 0 Å². The molecular formula is C18H26N6O3. The second-order valence-corrected chi connectivity index (χ2v) is 7.22. The van der Waals surface area contributed by atoms with Crippen LogP contribution in [0.3, 0.4) is 0 Å². The third kappa shape index (κ3) is 3.76. The predicted molar refractivity (Wildman–Crippen MR) is 101 cm³/mol. The maximum absolute atomic E-state index is 12.4. The molecule has 2 saturated heterocycles. The molecule has 0 saturated carbocycles. The molecule has 0 spiro atoms. The van der Waals surface area contributed by atoms with Gasteiger partial charge >= 0.3 is 5.69 Å². The van der Waals surface area contributed by atoms with Gasteiger partial charge in [-0.1, -0.05) is 0 Å². The maximum atomic E-state index is 12.4. The number of aromatic nitrogens is 2. The van der Waals surface area contributed by atoms with Crippen LogP contribution in [0.1, 0.15) is 24.8 Å². The molecule has 0 N–H and O–H groups in total. The average Bonchev–Trinajstić information content (AvgIpc) is 2.70. The Bertz CT molecular complexity index is 867. The lowest BCUT2D eigenvalue weighted by Crippen LogP contribution is -2.52. The van der Waals surface area contributed by atoms with Gasteiger partial charge < -0.3 is 9.80 Å². The number of nitrogens with zero attached hydrogens (tertiary/aromatic N) is 6. The molecule has 3 heterocycles. The summed E-state index contributed by atoms with van der Waals surface area (Å²) in [6, 6.07) is 1.95. The van der Waals surface area contributed by atoms with Gasteiger partial charge in [0.25, 0.3) is 5.56 Å². The van der Waals surface area contributed by atoms with Gasteiger partial charge in [0.2, 0.25) is 5.91 Å². The minimum atomic E-state index is -0.571. The number of likely N-dealkylation sites (tertiary alicyclic amines) is 1. The summed E-state index contributed by atoms with van der Waals surface area (Å²) in [4.78, 5) is 42.9. The number of carbonyl (C=O) groups excluding carboxylic acids is 1. The Morgan fingerprint density at radius 3 is 2.19 bits per heavy atom. The van der Waals surface area contributed by atoms with Gasteiger partial charge in [-0.3, -0.25) is 23.6 Å². The molecule has 0 atom stereocenters. The molecule has 146 valence electrons. The van der Waals surface area contributed by atoms with Crippen molar-refractivity contribution in [2.45, 2.75) is 19.3 Å². The lowest BCUT2D eigenvalue weighted by molar-refractivity contribution is -0.133. The first kappa shape index (κ1) is 19.2. The van der Waals surface area contributed by atoms with Gasteiger partial charge in [-0.15, -0.1) is 0 Å². The van der Waals surface area contributed by atoms with E-state index in [1.165, 1.54) is 18.0 Å². The van der Waals surface area contributed by atoms with Crippen LogP contribution < -0.4 is 16.1 Å². The van der Waals surface area contributed by atoms with E-state index >= 15 is 0 Å². The van der Waals surface area contributed by atoms with E-state index < -0.39 is 11.2 Å². The molecule has 1 amide bonds. The van der Waals surface area contributed by atoms with Crippen molar-refractivity contribution in [1.29, 1.82) is 5.26 Å². The number of hydrogen-bond acceptors (Lipinski definition) is 6. The molecule has 9 heteroatoms. The third-order valence-corrected chi connectivity index (χ3v) is 5.48. The van der Waals surface area contributed by atoms with E-state index in [1.54, 1.807) is 7.05 Å². The van der Waals surface area contributed by atoms with Crippen LogP contribution >= 0.6 is 0 Å². The summed E-state index contributed by atoms with van der Waals surface area (Å²) in [6.07, 6.45) is 3.35. The van der Waals surface area contributed by atoms with Gasteiger partial charge in [-0.25, -0.2) is 4.79 Å². The highest BCUT2D eigenvalue weighted by Gasteiger charge is 2.26. The van der Waals surface area contributed by atoms with Crippen molar-refractivity contribution in [2.75, 3.05) is 50.7 Å². The fourth-order valence-corrected chi connectivity index (χ4v) is 3.85. The van der Waals surface area contributed by atoms with Crippen molar-refractivity contribution in [3.63, 3.8) is 0 Å². The number of hydrogen-bond donors (Lipinski definition) is 0. The Morgan fingerprint density at radius 2 is 1.59 bits per heavy atom. The van der Waals surface area contributed by atoms with Crippen molar-refractivity contribution >= 4 is 11.7 Å². The molecule has 1 aromatic rings. The first-order chi connectivity index (χ1) is 12.9. The van der Waals surface area contributed by atoms with Crippen LogP contribution in [-0.2, 0) is 18.9 Å². The minimum absolute atomic E-state index is 0.0163. The largest absolute Gasteiger partial charge is 0.354 e. The summed E-state index contributed by atoms with van der Waals surface area (Å²) in [6.45, 7) is 4.50. The number of carbonyl (C=O) groups is 1. The second-order valence-electron chi connectivity index (χ2n) is 7.22. The highest BCUT2D eigenvalue weighted by atomic mass is 16.2. The van der Waals surface area contributed by atoms with Gasteiger partial charge in [-0.05, 0) is 19.3 Å². The average molecular weight is 374 g/mol. The molecule has 0 aromatic carbocycles. The Morgan fingerprint density at radius 1 is 0.963 bits per heavy atom. The molecule has 9 nitrogen and oxygen atoms in total. The molecule has 2 fully saturated rings. The smallest absolute Gasteiger partial charge is 0.332 e. The fourth-order valence-electron chi connectivity index (χ4n) is 3.85. The lowest BCUT2D eigenvalue weighted by Gasteiger charge is -2.37. The Labute approximate surface area is 158 Å². The van der Waals surface area contributed by atoms with E-state index in [9.17, 15) is 19.6 Å². The van der Waals surface area contributed by atoms with Crippen molar-refractivity contribution < 1.29 is 4.79 Å². The van der Waals surface area contributed by atoms with Crippen molar-refractivity contribution in [1.82, 2.24) is 18.9 Å². The molecule has 0 bridgehead atoms. The summed E-state index contributed by atoms with van der Waals surface area (Å²) in [7, 11) is 2.95. The van der Waals surface area contributed by atoms with Gasteiger partial charge in [0.15, 0.2) is 5.56 Å². The van der Waals surface area contributed by atoms with Gasteiger partial charge in [0, 0.05) is 53.4 Å². The van der Waals surface area contributed by atoms with Crippen molar-refractivity contribution in [3.05, 3.63) is 26.4 Å². The molecule has 27 heavy (non-hydrogen) atoms. The number of piperidine rings is 1. The fraction of sp³-hybridized carbons (Fsp3) is 0.667. The Kier molecular flexibility index (Phi) is 5.65. The Balaban J connectivity index is 1.69. The predicted octanol–water partition coefficient (Wildman–Crippen LogP) is -0.910. The number of rotatable bonds is 3. The number of anilines is 1. The molecule has 0 unspecified atom stereocenters. The zero-order valence-corrected chi connectivity index (χ0v) is 16.0. The zero-order valence-electron chi connectivity index (χ0n) is 16.0. The van der Waals surface area contributed by atoms with E-state index in [0.717, 1.165) is 30.5 Å². The van der Waals surface area contributed by atoms with Gasteiger partial charge in [-0.2, -0.15) is 5.26 Å². The van der Waals surface area contributed by atoms with Crippen molar-refractivity contribution in [3.8, 4) is 6.07 Å². The highest BCUT2D eigenvalue weighted by Crippen LogP contribution is 2.17. The van der Waals surface area contributed by atoms with E-state index in [-0.39, 0.29) is 11.5 Å². The van der Waals surface area contributed by atoms with E-state index in [4.69, 9.17) is 0 Å². The summed E-state index contributed by atoms with van der Waals surface area (Å²) in [5.41, 5.74) is -1.03. The van der Waals surface area contributed by atoms with Crippen LogP contribution in [0.25, 0.3) is 0 Å². The molecule has 3 rings (SSSR count). The van der Waals surface area contributed by atoms with Crippen LogP contribution in [0, 0.1) is 11.3 Å². The van der Waals surface area contributed by atoms with E-state index in [2.05, 4.69) is 4.90 Å². The monoisotopic (exact) mass is 374 g/mol. The molecule has 0 radical (unpaired) electrons. The summed E-state index contributed by atoms with van der Waals surface area (Å²) >= 11 is 0. The summed E-state index contributed by atoms with van der Waals surface area (Å²) < 4.78 is 2.31. The van der Waals surface area contributed by atoms with Gasteiger partial charge in [0.1, 0.15) is 11.9 Å². The quantitative estimate of drug-likeness (QED) is 0.680. The van der Waals surface area contributed by atoms with Crippen LogP contribution in [0.5, 0.6) is 0 Å². The topological polar surface area (TPSA) is 94.6 Å². The van der Waals surface area contributed by atoms with E-state index in [1.807, 2.05) is 15.9 Å².